The van der Waals surface area contributed by atoms with E-state index in [1.54, 1.807) is 24.3 Å². The summed E-state index contributed by atoms with van der Waals surface area (Å²) in [5.41, 5.74) is 0.348. The number of carbonyl (C=O) groups is 2. The Balaban J connectivity index is 1.72. The van der Waals surface area contributed by atoms with Crippen molar-refractivity contribution in [2.24, 2.45) is 0 Å². The van der Waals surface area contributed by atoms with Gasteiger partial charge >= 0.3 is 0 Å². The molecule has 7 heteroatoms. The predicted molar refractivity (Wildman–Crippen MR) is 109 cm³/mol. The van der Waals surface area contributed by atoms with Crippen molar-refractivity contribution in [2.75, 3.05) is 46.0 Å². The van der Waals surface area contributed by atoms with Gasteiger partial charge in [0.15, 0.2) is 0 Å². The normalized spacial score (nSPS) is 15.1. The van der Waals surface area contributed by atoms with E-state index in [-0.39, 0.29) is 23.9 Å². The fourth-order valence-electron chi connectivity index (χ4n) is 2.96. The summed E-state index contributed by atoms with van der Waals surface area (Å²) in [6, 6.07) is 6.96. The fourth-order valence-corrected chi connectivity index (χ4v) is 2.96. The summed E-state index contributed by atoms with van der Waals surface area (Å²) in [7, 11) is 0. The summed E-state index contributed by atoms with van der Waals surface area (Å²) < 4.78 is 11.0. The molecule has 0 aromatic heterocycles. The lowest BCUT2D eigenvalue weighted by molar-refractivity contribution is -0.120. The highest BCUT2D eigenvalue weighted by molar-refractivity contribution is 5.96. The van der Waals surface area contributed by atoms with Crippen molar-refractivity contribution in [3.63, 3.8) is 0 Å². The molecular formula is C21H33N3O4. The molecule has 2 N–H and O–H groups in total. The molecular weight excluding hydrogens is 358 g/mol. The third kappa shape index (κ3) is 7.13. The average molecular weight is 392 g/mol. The van der Waals surface area contributed by atoms with Crippen molar-refractivity contribution in [3.05, 3.63) is 29.8 Å². The predicted octanol–water partition coefficient (Wildman–Crippen LogP) is 1.82. The third-order valence-corrected chi connectivity index (χ3v) is 4.88. The first kappa shape index (κ1) is 22.2. The van der Waals surface area contributed by atoms with Crippen LogP contribution < -0.4 is 15.4 Å². The molecule has 1 aliphatic rings. The van der Waals surface area contributed by atoms with E-state index < -0.39 is 0 Å². The Kier molecular flexibility index (Phi) is 8.73. The number of carbonyl (C=O) groups excluding carboxylic acids is 2. The first-order chi connectivity index (χ1) is 13.4. The van der Waals surface area contributed by atoms with Crippen molar-refractivity contribution < 1.29 is 19.1 Å². The van der Waals surface area contributed by atoms with Gasteiger partial charge in [-0.3, -0.25) is 14.5 Å². The van der Waals surface area contributed by atoms with Crippen LogP contribution in [0.3, 0.4) is 0 Å². The van der Waals surface area contributed by atoms with Gasteiger partial charge < -0.3 is 20.1 Å². The van der Waals surface area contributed by atoms with Crippen LogP contribution in [0.5, 0.6) is 5.75 Å². The largest absolute Gasteiger partial charge is 0.494 e. The van der Waals surface area contributed by atoms with Crippen LogP contribution in [0.4, 0.5) is 0 Å². The van der Waals surface area contributed by atoms with Crippen LogP contribution in [0.2, 0.25) is 0 Å². The lowest BCUT2D eigenvalue weighted by Crippen LogP contribution is -2.56. The van der Waals surface area contributed by atoms with Crippen LogP contribution in [-0.2, 0) is 9.53 Å². The molecule has 2 amide bonds. The molecule has 156 valence electrons. The first-order valence-electron chi connectivity index (χ1n) is 10.0. The van der Waals surface area contributed by atoms with Crippen molar-refractivity contribution >= 4 is 11.8 Å². The van der Waals surface area contributed by atoms with Gasteiger partial charge in [-0.05, 0) is 44.5 Å². The third-order valence-electron chi connectivity index (χ3n) is 4.88. The molecule has 1 fully saturated rings. The molecule has 0 bridgehead atoms. The molecule has 28 heavy (non-hydrogen) atoms. The smallest absolute Gasteiger partial charge is 0.251 e. The first-order valence-corrected chi connectivity index (χ1v) is 10.0. The minimum Gasteiger partial charge on any atom is -0.494 e. The zero-order chi connectivity index (χ0) is 20.4. The zero-order valence-corrected chi connectivity index (χ0v) is 17.3. The number of hydrogen-bond donors (Lipinski definition) is 2. The SMILES string of the molecule is CCCCOc1ccc(C(=O)NCC(=O)NCC(C)(C)N2CCOCC2)cc1. The molecule has 1 aromatic rings. The topological polar surface area (TPSA) is 79.9 Å². The minimum atomic E-state index is -0.275. The van der Waals surface area contributed by atoms with Gasteiger partial charge in [0, 0.05) is 30.7 Å². The molecule has 0 unspecified atom stereocenters. The Hall–Kier alpha value is -2.12. The quantitative estimate of drug-likeness (QED) is 0.595. The Bertz CT molecular complexity index is 625. The fraction of sp³-hybridized carbons (Fsp3) is 0.619. The van der Waals surface area contributed by atoms with E-state index in [0.717, 1.165) is 44.9 Å². The molecule has 0 radical (unpaired) electrons. The van der Waals surface area contributed by atoms with Crippen LogP contribution in [0.15, 0.2) is 24.3 Å². The molecule has 7 nitrogen and oxygen atoms in total. The number of hydrogen-bond acceptors (Lipinski definition) is 5. The van der Waals surface area contributed by atoms with Crippen LogP contribution in [0, 0.1) is 0 Å². The van der Waals surface area contributed by atoms with Gasteiger partial charge in [-0.25, -0.2) is 0 Å². The van der Waals surface area contributed by atoms with Crippen molar-refractivity contribution in [1.82, 2.24) is 15.5 Å². The highest BCUT2D eigenvalue weighted by atomic mass is 16.5. The van der Waals surface area contributed by atoms with Crippen molar-refractivity contribution in [1.29, 1.82) is 0 Å². The van der Waals surface area contributed by atoms with Crippen LogP contribution in [0.1, 0.15) is 44.0 Å². The monoisotopic (exact) mass is 391 g/mol. The molecule has 0 aliphatic carbocycles. The summed E-state index contributed by atoms with van der Waals surface area (Å²) in [5.74, 6) is 0.269. The van der Waals surface area contributed by atoms with Crippen molar-refractivity contribution in [2.45, 2.75) is 39.2 Å². The van der Waals surface area contributed by atoms with E-state index >= 15 is 0 Å². The zero-order valence-electron chi connectivity index (χ0n) is 17.3. The Morgan fingerprint density at radius 2 is 1.82 bits per heavy atom. The number of rotatable bonds is 10. The van der Waals surface area contributed by atoms with E-state index in [1.807, 2.05) is 0 Å². The summed E-state index contributed by atoms with van der Waals surface area (Å²) in [5, 5.41) is 5.57. The lowest BCUT2D eigenvalue weighted by Gasteiger charge is -2.40. The van der Waals surface area contributed by atoms with E-state index in [1.165, 1.54) is 0 Å². The molecule has 0 atom stereocenters. The molecule has 2 rings (SSSR count). The van der Waals surface area contributed by atoms with Gasteiger partial charge in [0.05, 0.1) is 26.4 Å². The Morgan fingerprint density at radius 1 is 1.14 bits per heavy atom. The number of nitrogens with zero attached hydrogens (tertiary/aromatic N) is 1. The number of nitrogens with one attached hydrogen (secondary N) is 2. The van der Waals surface area contributed by atoms with E-state index in [4.69, 9.17) is 9.47 Å². The molecule has 1 aliphatic heterocycles. The molecule has 1 saturated heterocycles. The van der Waals surface area contributed by atoms with Gasteiger partial charge in [-0.2, -0.15) is 0 Å². The number of unbranched alkanes of at least 4 members (excludes halogenated alkanes) is 1. The summed E-state index contributed by atoms with van der Waals surface area (Å²) in [6.07, 6.45) is 2.08. The van der Waals surface area contributed by atoms with Gasteiger partial charge in [0.25, 0.3) is 5.91 Å². The second-order valence-electron chi connectivity index (χ2n) is 7.60. The van der Waals surface area contributed by atoms with Gasteiger partial charge in [-0.1, -0.05) is 13.3 Å². The number of morpholine rings is 1. The van der Waals surface area contributed by atoms with Gasteiger partial charge in [0.1, 0.15) is 5.75 Å². The maximum atomic E-state index is 12.2. The second-order valence-corrected chi connectivity index (χ2v) is 7.60. The van der Waals surface area contributed by atoms with Gasteiger partial charge in [0.2, 0.25) is 5.91 Å². The number of amides is 2. The second kappa shape index (κ2) is 11.0. The lowest BCUT2D eigenvalue weighted by atomic mass is 10.0. The molecule has 0 saturated carbocycles. The van der Waals surface area contributed by atoms with Gasteiger partial charge in [-0.15, -0.1) is 0 Å². The van der Waals surface area contributed by atoms with Crippen LogP contribution in [-0.4, -0.2) is 68.3 Å². The highest BCUT2D eigenvalue weighted by Crippen LogP contribution is 2.15. The van der Waals surface area contributed by atoms with E-state index in [2.05, 4.69) is 36.3 Å². The minimum absolute atomic E-state index is 0.0488. The van der Waals surface area contributed by atoms with Crippen molar-refractivity contribution in [3.8, 4) is 5.75 Å². The van der Waals surface area contributed by atoms with E-state index in [0.29, 0.717) is 18.7 Å². The highest BCUT2D eigenvalue weighted by Gasteiger charge is 2.28. The summed E-state index contributed by atoms with van der Waals surface area (Å²) in [4.78, 5) is 26.6. The summed E-state index contributed by atoms with van der Waals surface area (Å²) >= 11 is 0. The number of benzene rings is 1. The Morgan fingerprint density at radius 3 is 2.46 bits per heavy atom. The maximum absolute atomic E-state index is 12.2. The summed E-state index contributed by atoms with van der Waals surface area (Å²) in [6.45, 7) is 10.6. The standard InChI is InChI=1S/C21H33N3O4/c1-4-5-12-28-18-8-6-17(7-9-18)20(26)22-15-19(25)23-16-21(2,3)24-10-13-27-14-11-24/h6-9H,4-5,10-16H2,1-3H3,(H,22,26)(H,23,25). The maximum Gasteiger partial charge on any atom is 0.251 e. The van der Waals surface area contributed by atoms with E-state index in [9.17, 15) is 9.59 Å². The average Bonchev–Trinajstić information content (AvgIpc) is 2.72. The molecule has 0 spiro atoms. The van der Waals surface area contributed by atoms with Crippen LogP contribution >= 0.6 is 0 Å². The molecule has 1 heterocycles. The molecule has 1 aromatic carbocycles. The number of ether oxygens (including phenoxy) is 2. The van der Waals surface area contributed by atoms with Crippen LogP contribution in [0.25, 0.3) is 0 Å². The Labute approximate surface area is 167 Å².